The van der Waals surface area contributed by atoms with E-state index >= 15 is 0 Å². The van der Waals surface area contributed by atoms with Gasteiger partial charge in [-0.15, -0.1) is 12.4 Å². The molecular weight excluding hydrogens is 352 g/mol. The van der Waals surface area contributed by atoms with Crippen molar-refractivity contribution in [3.8, 4) is 11.5 Å². The van der Waals surface area contributed by atoms with Crippen LogP contribution in [0.5, 0.6) is 11.5 Å². The number of amides is 1. The second-order valence-corrected chi connectivity index (χ2v) is 7.42. The zero-order valence-electron chi connectivity index (χ0n) is 15.7. The zero-order chi connectivity index (χ0) is 17.8. The van der Waals surface area contributed by atoms with Gasteiger partial charge in [-0.1, -0.05) is 6.42 Å². The molecule has 26 heavy (non-hydrogen) atoms. The molecule has 0 spiro atoms. The summed E-state index contributed by atoms with van der Waals surface area (Å²) < 4.78 is 10.7. The van der Waals surface area contributed by atoms with Crippen molar-refractivity contribution in [2.75, 3.05) is 20.8 Å². The number of hydrogen-bond acceptors (Lipinski definition) is 4. The Hall–Kier alpha value is -1.46. The lowest BCUT2D eigenvalue weighted by Crippen LogP contribution is -2.49. The van der Waals surface area contributed by atoms with Gasteiger partial charge in [-0.25, -0.2) is 0 Å². The molecule has 2 fully saturated rings. The van der Waals surface area contributed by atoms with Gasteiger partial charge in [0, 0.05) is 18.5 Å². The minimum absolute atomic E-state index is 0. The number of hydrogen-bond donors (Lipinski definition) is 2. The Balaban J connectivity index is 0.00000243. The van der Waals surface area contributed by atoms with Crippen molar-refractivity contribution in [3.05, 3.63) is 23.8 Å². The lowest BCUT2D eigenvalue weighted by atomic mass is 9.65. The smallest absolute Gasteiger partial charge is 0.223 e. The summed E-state index contributed by atoms with van der Waals surface area (Å²) in [7, 11) is 3.31. The van der Waals surface area contributed by atoms with Crippen LogP contribution in [0.3, 0.4) is 0 Å². The number of halogens is 1. The highest BCUT2D eigenvalue weighted by molar-refractivity contribution is 5.85. The van der Waals surface area contributed by atoms with Crippen LogP contribution >= 0.6 is 12.4 Å². The molecule has 2 unspecified atom stereocenters. The second-order valence-electron chi connectivity index (χ2n) is 7.42. The maximum Gasteiger partial charge on any atom is 0.223 e. The van der Waals surface area contributed by atoms with Crippen molar-refractivity contribution < 1.29 is 14.3 Å². The average molecular weight is 383 g/mol. The van der Waals surface area contributed by atoms with Crippen molar-refractivity contribution >= 4 is 18.3 Å². The van der Waals surface area contributed by atoms with Gasteiger partial charge < -0.3 is 20.5 Å². The molecule has 0 radical (unpaired) electrons. The third-order valence-corrected chi connectivity index (χ3v) is 5.96. The number of benzene rings is 1. The van der Waals surface area contributed by atoms with Crippen LogP contribution < -0.4 is 20.5 Å². The first-order chi connectivity index (χ1) is 12.1. The molecule has 1 amide bonds. The van der Waals surface area contributed by atoms with E-state index in [1.165, 1.54) is 19.3 Å². The molecule has 2 atom stereocenters. The van der Waals surface area contributed by atoms with Crippen molar-refractivity contribution in [3.63, 3.8) is 0 Å². The number of ether oxygens (including phenoxy) is 2. The predicted octanol–water partition coefficient (Wildman–Crippen LogP) is 2.94. The number of carbonyl (C=O) groups excluding carboxylic acids is 1. The third-order valence-electron chi connectivity index (χ3n) is 5.96. The normalized spacial score (nSPS) is 27.2. The summed E-state index contributed by atoms with van der Waals surface area (Å²) in [5.74, 6) is 3.00. The van der Waals surface area contributed by atoms with E-state index in [-0.39, 0.29) is 24.2 Å². The second kappa shape index (κ2) is 9.47. The van der Waals surface area contributed by atoms with Crippen LogP contribution in [0.2, 0.25) is 0 Å². The van der Waals surface area contributed by atoms with E-state index in [0.717, 1.165) is 36.3 Å². The molecule has 0 saturated heterocycles. The fourth-order valence-corrected chi connectivity index (χ4v) is 4.55. The summed E-state index contributed by atoms with van der Waals surface area (Å²) in [6.07, 6.45) is 6.26. The van der Waals surface area contributed by atoms with Gasteiger partial charge in [0.25, 0.3) is 0 Å². The Kier molecular flexibility index (Phi) is 7.59. The van der Waals surface area contributed by atoms with Crippen molar-refractivity contribution in [1.82, 2.24) is 5.32 Å². The lowest BCUT2D eigenvalue weighted by Gasteiger charge is -2.43. The van der Waals surface area contributed by atoms with Crippen LogP contribution in [0, 0.1) is 17.8 Å². The predicted molar refractivity (Wildman–Crippen MR) is 105 cm³/mol. The van der Waals surface area contributed by atoms with E-state index in [1.54, 1.807) is 14.2 Å². The molecule has 2 saturated carbocycles. The minimum Gasteiger partial charge on any atom is -0.497 e. The van der Waals surface area contributed by atoms with Gasteiger partial charge in [-0.2, -0.15) is 0 Å². The molecule has 1 aromatic rings. The van der Waals surface area contributed by atoms with Gasteiger partial charge in [0.15, 0.2) is 0 Å². The molecular formula is C20H31ClN2O3. The van der Waals surface area contributed by atoms with E-state index in [9.17, 15) is 4.79 Å². The first-order valence-corrected chi connectivity index (χ1v) is 9.36. The molecule has 0 aromatic heterocycles. The molecule has 2 aliphatic rings. The van der Waals surface area contributed by atoms with Gasteiger partial charge in [0.2, 0.25) is 5.91 Å². The van der Waals surface area contributed by atoms with Crippen LogP contribution in [0.25, 0.3) is 0 Å². The molecule has 3 rings (SSSR count). The summed E-state index contributed by atoms with van der Waals surface area (Å²) in [6.45, 7) is 0.611. The van der Waals surface area contributed by atoms with Crippen molar-refractivity contribution in [2.45, 2.75) is 44.6 Å². The van der Waals surface area contributed by atoms with Crippen molar-refractivity contribution in [1.29, 1.82) is 0 Å². The molecule has 146 valence electrons. The lowest BCUT2D eigenvalue weighted by molar-refractivity contribution is -0.127. The monoisotopic (exact) mass is 382 g/mol. The Bertz CT molecular complexity index is 597. The Labute approximate surface area is 162 Å². The maximum atomic E-state index is 12.6. The van der Waals surface area contributed by atoms with Crippen LogP contribution in [-0.4, -0.2) is 32.7 Å². The third kappa shape index (κ3) is 4.63. The Morgan fingerprint density at radius 2 is 1.88 bits per heavy atom. The molecule has 0 aliphatic heterocycles. The van der Waals surface area contributed by atoms with Crippen LogP contribution in [0.1, 0.15) is 37.7 Å². The highest BCUT2D eigenvalue weighted by Crippen LogP contribution is 2.41. The van der Waals surface area contributed by atoms with E-state index < -0.39 is 0 Å². The number of nitrogens with one attached hydrogen (secondary N) is 1. The van der Waals surface area contributed by atoms with Crippen molar-refractivity contribution in [2.24, 2.45) is 23.5 Å². The fraction of sp³-hybridized carbons (Fsp3) is 0.650. The first-order valence-electron chi connectivity index (χ1n) is 9.36. The molecule has 0 heterocycles. The quantitative estimate of drug-likeness (QED) is 0.793. The topological polar surface area (TPSA) is 73.6 Å². The van der Waals surface area contributed by atoms with E-state index in [2.05, 4.69) is 5.32 Å². The first kappa shape index (κ1) is 20.8. The van der Waals surface area contributed by atoms with Gasteiger partial charge >= 0.3 is 0 Å². The van der Waals surface area contributed by atoms with Gasteiger partial charge in [0.05, 0.1) is 14.2 Å². The Morgan fingerprint density at radius 1 is 1.19 bits per heavy atom. The minimum atomic E-state index is 0. The van der Waals surface area contributed by atoms with Gasteiger partial charge in [0.1, 0.15) is 11.5 Å². The highest BCUT2D eigenvalue weighted by atomic mass is 35.5. The van der Waals surface area contributed by atoms with E-state index in [1.807, 2.05) is 18.2 Å². The summed E-state index contributed by atoms with van der Waals surface area (Å²) in [5.41, 5.74) is 7.37. The molecule has 3 N–H and O–H groups in total. The highest BCUT2D eigenvalue weighted by Gasteiger charge is 2.40. The summed E-state index contributed by atoms with van der Waals surface area (Å²) in [4.78, 5) is 12.6. The largest absolute Gasteiger partial charge is 0.497 e. The maximum absolute atomic E-state index is 12.6. The summed E-state index contributed by atoms with van der Waals surface area (Å²) >= 11 is 0. The van der Waals surface area contributed by atoms with Crippen LogP contribution in [-0.2, 0) is 11.2 Å². The van der Waals surface area contributed by atoms with Crippen LogP contribution in [0.15, 0.2) is 18.2 Å². The molecule has 2 bridgehead atoms. The Morgan fingerprint density at radius 3 is 2.50 bits per heavy atom. The number of carbonyl (C=O) groups is 1. The molecule has 5 nitrogen and oxygen atoms in total. The van der Waals surface area contributed by atoms with E-state index in [4.69, 9.17) is 15.2 Å². The standard InChI is InChI=1S/C20H30N2O3.ClH/c1-24-17-6-7-18(25-2)13(12-17)8-9-22-20(23)16-10-14-4-3-5-15(11-16)19(14)21;/h6-7,12,14-16,19H,3-5,8-11,21H2,1-2H3,(H,22,23);1H. The number of methoxy groups -OCH3 is 2. The fourth-order valence-electron chi connectivity index (χ4n) is 4.55. The molecule has 6 heteroatoms. The summed E-state index contributed by atoms with van der Waals surface area (Å²) in [5, 5.41) is 3.12. The van der Waals surface area contributed by atoms with Gasteiger partial charge in [-0.05, 0) is 67.7 Å². The number of nitrogens with two attached hydrogens (primary N) is 1. The van der Waals surface area contributed by atoms with E-state index in [0.29, 0.717) is 24.4 Å². The zero-order valence-corrected chi connectivity index (χ0v) is 16.5. The average Bonchev–Trinajstić information content (AvgIpc) is 2.61. The summed E-state index contributed by atoms with van der Waals surface area (Å²) in [6, 6.07) is 6.05. The molecule has 1 aromatic carbocycles. The number of fused-ring (bicyclic) bond motifs is 2. The molecule has 2 aliphatic carbocycles. The van der Waals surface area contributed by atoms with Crippen LogP contribution in [0.4, 0.5) is 0 Å². The SMILES string of the molecule is COc1ccc(OC)c(CCNC(=O)C2CC3CCCC(C2)C3N)c1.Cl. The number of rotatable bonds is 6. The van der Waals surface area contributed by atoms with Gasteiger partial charge in [-0.3, -0.25) is 4.79 Å².